The summed E-state index contributed by atoms with van der Waals surface area (Å²) in [5, 5.41) is 8.41. The highest BCUT2D eigenvalue weighted by Gasteiger charge is 2.24. The monoisotopic (exact) mass is 391 g/mol. The van der Waals surface area contributed by atoms with E-state index in [1.165, 1.54) is 12.3 Å². The maximum Gasteiger partial charge on any atom is 0.252 e. The Kier molecular flexibility index (Phi) is 5.88. The molecule has 2 atom stereocenters. The standard InChI is InChI=1S/C18H23F2N7O/c1-23-17-11(19)6-9(8-24-17)25-16-10(15(22)28)7-12(20)18(27-16)26-14-5-3-2-4-13(14)21/h6-8,13-14H,2-5,21H2,1H3,(H2,22,28)(H,23,24)(H2,25,26,27)/t13-,14+/m0/s1. The molecular weight excluding hydrogens is 368 g/mol. The van der Waals surface area contributed by atoms with Gasteiger partial charge >= 0.3 is 0 Å². The van der Waals surface area contributed by atoms with Crippen molar-refractivity contribution in [1.29, 1.82) is 0 Å². The number of rotatable bonds is 6. The number of amides is 1. The molecule has 7 N–H and O–H groups in total. The van der Waals surface area contributed by atoms with Crippen molar-refractivity contribution in [1.82, 2.24) is 9.97 Å². The van der Waals surface area contributed by atoms with Crippen LogP contribution < -0.4 is 27.4 Å². The summed E-state index contributed by atoms with van der Waals surface area (Å²) in [5.41, 5.74) is 11.5. The first kappa shape index (κ1) is 19.7. The van der Waals surface area contributed by atoms with Crippen molar-refractivity contribution in [3.63, 3.8) is 0 Å². The van der Waals surface area contributed by atoms with Gasteiger partial charge in [-0.05, 0) is 18.9 Å². The molecular formula is C18H23F2N7O. The van der Waals surface area contributed by atoms with Gasteiger partial charge in [-0.1, -0.05) is 12.8 Å². The van der Waals surface area contributed by atoms with Crippen LogP contribution in [0.4, 0.5) is 31.9 Å². The van der Waals surface area contributed by atoms with E-state index in [0.29, 0.717) is 0 Å². The van der Waals surface area contributed by atoms with E-state index < -0.39 is 17.5 Å². The number of primary amides is 1. The Morgan fingerprint density at radius 1 is 1.14 bits per heavy atom. The van der Waals surface area contributed by atoms with E-state index in [1.54, 1.807) is 7.05 Å². The highest BCUT2D eigenvalue weighted by Crippen LogP contribution is 2.27. The van der Waals surface area contributed by atoms with Crippen molar-refractivity contribution in [3.8, 4) is 0 Å². The zero-order valence-corrected chi connectivity index (χ0v) is 15.4. The van der Waals surface area contributed by atoms with E-state index in [1.807, 2.05) is 0 Å². The third kappa shape index (κ3) is 4.28. The molecule has 0 saturated heterocycles. The number of halogens is 2. The first-order valence-electron chi connectivity index (χ1n) is 9.01. The van der Waals surface area contributed by atoms with Crippen LogP contribution in [-0.2, 0) is 0 Å². The highest BCUT2D eigenvalue weighted by atomic mass is 19.1. The van der Waals surface area contributed by atoms with Gasteiger partial charge in [0.05, 0.1) is 17.4 Å². The Morgan fingerprint density at radius 2 is 1.86 bits per heavy atom. The summed E-state index contributed by atoms with van der Waals surface area (Å²) in [6, 6.07) is 1.94. The first-order chi connectivity index (χ1) is 13.4. The van der Waals surface area contributed by atoms with Gasteiger partial charge in [-0.2, -0.15) is 0 Å². The van der Waals surface area contributed by atoms with Crippen LogP contribution in [0, 0.1) is 11.6 Å². The molecule has 0 aromatic carbocycles. The number of hydrogen-bond donors (Lipinski definition) is 5. The van der Waals surface area contributed by atoms with Crippen LogP contribution in [0.2, 0.25) is 0 Å². The molecule has 28 heavy (non-hydrogen) atoms. The second-order valence-electron chi connectivity index (χ2n) is 6.71. The summed E-state index contributed by atoms with van der Waals surface area (Å²) in [4.78, 5) is 19.8. The fourth-order valence-electron chi connectivity index (χ4n) is 3.21. The largest absolute Gasteiger partial charge is 0.371 e. The van der Waals surface area contributed by atoms with Crippen LogP contribution in [0.3, 0.4) is 0 Å². The lowest BCUT2D eigenvalue weighted by Crippen LogP contribution is -2.43. The van der Waals surface area contributed by atoms with Crippen molar-refractivity contribution in [2.45, 2.75) is 37.8 Å². The highest BCUT2D eigenvalue weighted by molar-refractivity contribution is 5.98. The number of carbonyl (C=O) groups is 1. The topological polar surface area (TPSA) is 131 Å². The molecule has 1 aliphatic rings. The number of nitrogens with zero attached hydrogens (tertiary/aromatic N) is 2. The molecule has 1 aliphatic carbocycles. The minimum Gasteiger partial charge on any atom is -0.371 e. The van der Waals surface area contributed by atoms with Crippen molar-refractivity contribution in [3.05, 3.63) is 35.5 Å². The van der Waals surface area contributed by atoms with Gasteiger partial charge in [0.1, 0.15) is 5.82 Å². The van der Waals surface area contributed by atoms with E-state index in [2.05, 4.69) is 25.9 Å². The lowest BCUT2D eigenvalue weighted by atomic mass is 9.91. The van der Waals surface area contributed by atoms with Crippen molar-refractivity contribution < 1.29 is 13.6 Å². The summed E-state index contributed by atoms with van der Waals surface area (Å²) < 4.78 is 28.4. The fourth-order valence-corrected chi connectivity index (χ4v) is 3.21. The van der Waals surface area contributed by atoms with E-state index in [9.17, 15) is 13.6 Å². The predicted octanol–water partition coefficient (Wildman–Crippen LogP) is 2.32. The number of pyridine rings is 2. The molecule has 0 radical (unpaired) electrons. The zero-order valence-electron chi connectivity index (χ0n) is 15.4. The Bertz CT molecular complexity index is 877. The van der Waals surface area contributed by atoms with Gasteiger partial charge in [0.15, 0.2) is 23.3 Å². The molecule has 2 heterocycles. The number of anilines is 4. The summed E-state index contributed by atoms with van der Waals surface area (Å²) in [7, 11) is 1.54. The molecule has 2 aromatic heterocycles. The second kappa shape index (κ2) is 8.34. The van der Waals surface area contributed by atoms with Crippen molar-refractivity contribution in [2.75, 3.05) is 23.0 Å². The van der Waals surface area contributed by atoms with E-state index in [-0.39, 0.29) is 40.8 Å². The third-order valence-corrected chi connectivity index (χ3v) is 4.72. The molecule has 0 unspecified atom stereocenters. The number of aromatic nitrogens is 2. The molecule has 1 fully saturated rings. The molecule has 0 spiro atoms. The Morgan fingerprint density at radius 3 is 2.50 bits per heavy atom. The molecule has 8 nitrogen and oxygen atoms in total. The molecule has 150 valence electrons. The van der Waals surface area contributed by atoms with Crippen molar-refractivity contribution in [2.24, 2.45) is 11.5 Å². The smallest absolute Gasteiger partial charge is 0.252 e. The van der Waals surface area contributed by atoms with Gasteiger partial charge in [-0.25, -0.2) is 18.7 Å². The molecule has 3 rings (SSSR count). The van der Waals surface area contributed by atoms with E-state index in [4.69, 9.17) is 11.5 Å². The van der Waals surface area contributed by atoms with Gasteiger partial charge in [0.2, 0.25) is 0 Å². The van der Waals surface area contributed by atoms with Crippen LogP contribution in [-0.4, -0.2) is 35.0 Å². The predicted molar refractivity (Wildman–Crippen MR) is 104 cm³/mol. The summed E-state index contributed by atoms with van der Waals surface area (Å²) in [6.45, 7) is 0. The Balaban J connectivity index is 1.92. The second-order valence-corrected chi connectivity index (χ2v) is 6.71. The van der Waals surface area contributed by atoms with Crippen LogP contribution >= 0.6 is 0 Å². The Hall–Kier alpha value is -3.01. The average Bonchev–Trinajstić information content (AvgIpc) is 2.66. The number of nitrogens with one attached hydrogen (secondary N) is 3. The van der Waals surface area contributed by atoms with Gasteiger partial charge < -0.3 is 27.4 Å². The zero-order chi connectivity index (χ0) is 20.3. The lowest BCUT2D eigenvalue weighted by molar-refractivity contribution is 0.100. The molecule has 1 saturated carbocycles. The first-order valence-corrected chi connectivity index (χ1v) is 9.01. The fraction of sp³-hybridized carbons (Fsp3) is 0.389. The number of carbonyl (C=O) groups excluding carboxylic acids is 1. The summed E-state index contributed by atoms with van der Waals surface area (Å²) >= 11 is 0. The minimum absolute atomic E-state index is 0.000751. The SMILES string of the molecule is CNc1ncc(Nc2nc(N[C@@H]3CCCC[C@@H]3N)c(F)cc2C(N)=O)cc1F. The van der Waals surface area contributed by atoms with Crippen LogP contribution in [0.25, 0.3) is 0 Å². The molecule has 10 heteroatoms. The van der Waals surface area contributed by atoms with Crippen LogP contribution in [0.5, 0.6) is 0 Å². The third-order valence-electron chi connectivity index (χ3n) is 4.72. The molecule has 2 aromatic rings. The maximum atomic E-state index is 14.5. The van der Waals surface area contributed by atoms with Crippen molar-refractivity contribution >= 4 is 29.0 Å². The normalized spacial score (nSPS) is 19.1. The summed E-state index contributed by atoms with van der Waals surface area (Å²) in [6.07, 6.45) is 5.01. The molecule has 1 amide bonds. The van der Waals surface area contributed by atoms with Gasteiger partial charge in [-0.3, -0.25) is 4.79 Å². The molecule has 0 bridgehead atoms. The number of hydrogen-bond acceptors (Lipinski definition) is 7. The average molecular weight is 391 g/mol. The van der Waals surface area contributed by atoms with E-state index >= 15 is 0 Å². The van der Waals surface area contributed by atoms with Gasteiger partial charge in [0.25, 0.3) is 5.91 Å². The Labute approximate surface area is 161 Å². The van der Waals surface area contributed by atoms with Gasteiger partial charge in [-0.15, -0.1) is 0 Å². The quantitative estimate of drug-likeness (QED) is 0.511. The lowest BCUT2D eigenvalue weighted by Gasteiger charge is -2.30. The maximum absolute atomic E-state index is 14.5. The van der Waals surface area contributed by atoms with E-state index in [0.717, 1.165) is 31.7 Å². The summed E-state index contributed by atoms with van der Waals surface area (Å²) in [5.74, 6) is -2.15. The molecule has 0 aliphatic heterocycles. The number of nitrogens with two attached hydrogens (primary N) is 2. The van der Waals surface area contributed by atoms with Crippen LogP contribution in [0.1, 0.15) is 36.0 Å². The minimum atomic E-state index is -0.866. The van der Waals surface area contributed by atoms with Gasteiger partial charge in [0, 0.05) is 25.2 Å². The van der Waals surface area contributed by atoms with Crippen LogP contribution in [0.15, 0.2) is 18.3 Å².